The fourth-order valence-electron chi connectivity index (χ4n) is 3.16. The van der Waals surface area contributed by atoms with Crippen LogP contribution in [0.4, 0.5) is 4.79 Å². The molecule has 0 bridgehead atoms. The van der Waals surface area contributed by atoms with Gasteiger partial charge < -0.3 is 30.7 Å². The standard InChI is InChI=1S/C24H32N4O7/c1-7-15-11-9-10-12-16(15)20(21(31)26-14-19(30)34-6)28(8-2)22(32)17(13-18(25)29)27-23(33)35-24(3,4)5/h1,9-12,17,20H,8,13-14H2,2-6H3,(H2,25,29)(H,26,31)(H,27,33). The molecular formula is C24H32N4O7. The lowest BCUT2D eigenvalue weighted by Gasteiger charge is -2.33. The fraction of sp³-hybridized carbons (Fsp3) is 0.458. The molecule has 0 spiro atoms. The number of rotatable bonds is 10. The van der Waals surface area contributed by atoms with E-state index in [2.05, 4.69) is 21.3 Å². The predicted molar refractivity (Wildman–Crippen MR) is 126 cm³/mol. The summed E-state index contributed by atoms with van der Waals surface area (Å²) in [5, 5.41) is 4.78. The van der Waals surface area contributed by atoms with E-state index in [0.717, 1.165) is 12.0 Å². The van der Waals surface area contributed by atoms with Crippen molar-refractivity contribution >= 4 is 29.8 Å². The molecule has 2 unspecified atom stereocenters. The van der Waals surface area contributed by atoms with Gasteiger partial charge in [0.2, 0.25) is 17.7 Å². The lowest BCUT2D eigenvalue weighted by Crippen LogP contribution is -2.54. The normalized spacial score (nSPS) is 12.3. The Hall–Kier alpha value is -4.07. The number of nitrogens with zero attached hydrogens (tertiary/aromatic N) is 1. The SMILES string of the molecule is C#Cc1ccccc1C(C(=O)NCC(=O)OC)N(CC)C(=O)C(CC(N)=O)NC(=O)OC(C)(C)C. The number of ether oxygens (including phenoxy) is 2. The minimum Gasteiger partial charge on any atom is -0.468 e. The van der Waals surface area contributed by atoms with Crippen molar-refractivity contribution < 1.29 is 33.4 Å². The van der Waals surface area contributed by atoms with Gasteiger partial charge in [0.15, 0.2) is 0 Å². The van der Waals surface area contributed by atoms with Crippen LogP contribution in [0, 0.1) is 12.3 Å². The van der Waals surface area contributed by atoms with Gasteiger partial charge in [-0.25, -0.2) is 4.79 Å². The number of amides is 4. The first-order chi connectivity index (χ1) is 16.3. The summed E-state index contributed by atoms with van der Waals surface area (Å²) in [6.07, 6.45) is 4.13. The number of hydrogen-bond donors (Lipinski definition) is 3. The number of carbonyl (C=O) groups is 5. The third kappa shape index (κ3) is 9.00. The quantitative estimate of drug-likeness (QED) is 0.322. The molecule has 0 aliphatic rings. The van der Waals surface area contributed by atoms with Crippen LogP contribution in [0.1, 0.15) is 51.3 Å². The highest BCUT2D eigenvalue weighted by atomic mass is 16.6. The summed E-state index contributed by atoms with van der Waals surface area (Å²) >= 11 is 0. The van der Waals surface area contributed by atoms with Gasteiger partial charge in [0.05, 0.1) is 13.5 Å². The molecule has 11 heteroatoms. The van der Waals surface area contributed by atoms with Crippen molar-refractivity contribution in [1.82, 2.24) is 15.5 Å². The highest BCUT2D eigenvalue weighted by Crippen LogP contribution is 2.25. The Bertz CT molecular complexity index is 994. The summed E-state index contributed by atoms with van der Waals surface area (Å²) in [5.41, 5.74) is 5.09. The van der Waals surface area contributed by atoms with E-state index in [1.54, 1.807) is 52.0 Å². The third-order valence-corrected chi connectivity index (χ3v) is 4.62. The van der Waals surface area contributed by atoms with Crippen LogP contribution in [0.2, 0.25) is 0 Å². The molecule has 35 heavy (non-hydrogen) atoms. The summed E-state index contributed by atoms with van der Waals surface area (Å²) in [5.74, 6) is -0.579. The van der Waals surface area contributed by atoms with E-state index in [4.69, 9.17) is 16.9 Å². The van der Waals surface area contributed by atoms with Crippen molar-refractivity contribution in [3.8, 4) is 12.3 Å². The molecule has 0 saturated carbocycles. The van der Waals surface area contributed by atoms with Gasteiger partial charge in [0.1, 0.15) is 24.2 Å². The summed E-state index contributed by atoms with van der Waals surface area (Å²) in [6, 6.07) is 3.75. The molecule has 0 aliphatic carbocycles. The highest BCUT2D eigenvalue weighted by Gasteiger charge is 2.37. The van der Waals surface area contributed by atoms with Crippen LogP contribution in [0.25, 0.3) is 0 Å². The monoisotopic (exact) mass is 488 g/mol. The second-order valence-electron chi connectivity index (χ2n) is 8.42. The summed E-state index contributed by atoms with van der Waals surface area (Å²) in [7, 11) is 1.16. The van der Waals surface area contributed by atoms with Gasteiger partial charge in [0.25, 0.3) is 0 Å². The summed E-state index contributed by atoms with van der Waals surface area (Å²) in [6.45, 7) is 6.04. The van der Waals surface area contributed by atoms with Crippen LogP contribution in [0.5, 0.6) is 0 Å². The number of alkyl carbamates (subject to hydrolysis) is 1. The summed E-state index contributed by atoms with van der Waals surface area (Å²) in [4.78, 5) is 63.5. The van der Waals surface area contributed by atoms with E-state index < -0.39 is 60.4 Å². The Balaban J connectivity index is 3.44. The molecule has 1 aromatic rings. The molecule has 0 aromatic heterocycles. The first-order valence-electron chi connectivity index (χ1n) is 10.8. The van der Waals surface area contributed by atoms with Crippen molar-refractivity contribution in [3.05, 3.63) is 35.4 Å². The Morgan fingerprint density at radius 2 is 1.80 bits per heavy atom. The average molecular weight is 489 g/mol. The Labute approximate surface area is 204 Å². The van der Waals surface area contributed by atoms with Crippen LogP contribution >= 0.6 is 0 Å². The van der Waals surface area contributed by atoms with E-state index in [1.807, 2.05) is 0 Å². The van der Waals surface area contributed by atoms with Crippen LogP contribution in [-0.2, 0) is 28.7 Å². The maximum atomic E-state index is 13.5. The number of primary amides is 1. The molecule has 2 atom stereocenters. The number of esters is 1. The number of terminal acetylenes is 1. The first-order valence-corrected chi connectivity index (χ1v) is 10.8. The zero-order valence-corrected chi connectivity index (χ0v) is 20.5. The Morgan fingerprint density at radius 1 is 1.17 bits per heavy atom. The van der Waals surface area contributed by atoms with Crippen molar-refractivity contribution in [1.29, 1.82) is 0 Å². The minimum atomic E-state index is -1.42. The molecule has 1 rings (SSSR count). The number of carbonyl (C=O) groups excluding carboxylic acids is 5. The zero-order valence-electron chi connectivity index (χ0n) is 20.5. The van der Waals surface area contributed by atoms with E-state index in [9.17, 15) is 24.0 Å². The predicted octanol–water partition coefficient (Wildman–Crippen LogP) is 0.615. The lowest BCUT2D eigenvalue weighted by molar-refractivity contribution is -0.145. The van der Waals surface area contributed by atoms with Crippen molar-refractivity contribution in [2.45, 2.75) is 51.8 Å². The van der Waals surface area contributed by atoms with Gasteiger partial charge in [-0.1, -0.05) is 24.1 Å². The topological polar surface area (TPSA) is 157 Å². The van der Waals surface area contributed by atoms with Crippen molar-refractivity contribution in [2.75, 3.05) is 20.2 Å². The van der Waals surface area contributed by atoms with Crippen LogP contribution in [-0.4, -0.2) is 66.5 Å². The van der Waals surface area contributed by atoms with Gasteiger partial charge in [-0.05, 0) is 39.3 Å². The summed E-state index contributed by atoms with van der Waals surface area (Å²) < 4.78 is 9.74. The molecule has 4 N–H and O–H groups in total. The van der Waals surface area contributed by atoms with Gasteiger partial charge >= 0.3 is 12.1 Å². The van der Waals surface area contributed by atoms with Gasteiger partial charge in [0, 0.05) is 12.1 Å². The van der Waals surface area contributed by atoms with Gasteiger partial charge in [-0.2, -0.15) is 0 Å². The number of likely N-dealkylation sites (N-methyl/N-ethyl adjacent to an activating group) is 1. The second kappa shape index (κ2) is 13.0. The average Bonchev–Trinajstić information content (AvgIpc) is 2.78. The number of benzene rings is 1. The van der Waals surface area contributed by atoms with E-state index in [1.165, 1.54) is 0 Å². The largest absolute Gasteiger partial charge is 0.468 e. The third-order valence-electron chi connectivity index (χ3n) is 4.62. The van der Waals surface area contributed by atoms with E-state index in [-0.39, 0.29) is 6.54 Å². The Kier molecular flexibility index (Phi) is 10.7. The van der Waals surface area contributed by atoms with E-state index in [0.29, 0.717) is 11.1 Å². The number of nitrogens with two attached hydrogens (primary N) is 1. The van der Waals surface area contributed by atoms with Crippen molar-refractivity contribution in [2.24, 2.45) is 5.73 Å². The minimum absolute atomic E-state index is 0.0146. The molecule has 0 aliphatic heterocycles. The first kappa shape index (κ1) is 29.0. The maximum Gasteiger partial charge on any atom is 0.408 e. The lowest BCUT2D eigenvalue weighted by atomic mass is 9.97. The molecule has 0 heterocycles. The van der Waals surface area contributed by atoms with Gasteiger partial charge in [-0.15, -0.1) is 6.42 Å². The maximum absolute atomic E-state index is 13.5. The molecule has 0 fully saturated rings. The molecule has 0 saturated heterocycles. The fourth-order valence-corrected chi connectivity index (χ4v) is 3.16. The highest BCUT2D eigenvalue weighted by molar-refractivity contribution is 5.95. The molecule has 11 nitrogen and oxygen atoms in total. The zero-order chi connectivity index (χ0) is 26.8. The number of methoxy groups -OCH3 is 1. The molecule has 190 valence electrons. The molecule has 1 aromatic carbocycles. The molecule has 0 radical (unpaired) electrons. The van der Waals surface area contributed by atoms with Crippen LogP contribution in [0.3, 0.4) is 0 Å². The van der Waals surface area contributed by atoms with Gasteiger partial charge in [-0.3, -0.25) is 19.2 Å². The van der Waals surface area contributed by atoms with Crippen LogP contribution in [0.15, 0.2) is 24.3 Å². The van der Waals surface area contributed by atoms with Crippen LogP contribution < -0.4 is 16.4 Å². The second-order valence-corrected chi connectivity index (χ2v) is 8.42. The smallest absolute Gasteiger partial charge is 0.408 e. The molecule has 4 amide bonds. The van der Waals surface area contributed by atoms with E-state index >= 15 is 0 Å². The Morgan fingerprint density at radius 3 is 2.31 bits per heavy atom. The molecular weight excluding hydrogens is 456 g/mol. The number of hydrogen-bond acceptors (Lipinski definition) is 7. The van der Waals surface area contributed by atoms with Crippen molar-refractivity contribution in [3.63, 3.8) is 0 Å². The number of nitrogens with one attached hydrogen (secondary N) is 2.